The maximum atomic E-state index is 11.9. The standard InChI is InChI=1S/C16H25N3O2/c1-4-21-15(20)12-8-14(18-10-13(12)17)19-11-6-5-7-16(2,3)9-11/h8,10-11H,4-7,9,17H2,1-3H3,(H,18,19). The molecule has 1 aliphatic rings. The highest BCUT2D eigenvalue weighted by Gasteiger charge is 2.28. The van der Waals surface area contributed by atoms with Crippen molar-refractivity contribution < 1.29 is 9.53 Å². The summed E-state index contributed by atoms with van der Waals surface area (Å²) in [7, 11) is 0. The highest BCUT2D eigenvalue weighted by Crippen LogP contribution is 2.36. The van der Waals surface area contributed by atoms with Crippen molar-refractivity contribution in [2.24, 2.45) is 5.41 Å². The lowest BCUT2D eigenvalue weighted by Crippen LogP contribution is -2.32. The molecule has 1 atom stereocenters. The maximum Gasteiger partial charge on any atom is 0.340 e. The van der Waals surface area contributed by atoms with Crippen LogP contribution in [-0.4, -0.2) is 23.6 Å². The van der Waals surface area contributed by atoms with Crippen LogP contribution in [0.1, 0.15) is 56.8 Å². The maximum absolute atomic E-state index is 11.9. The number of hydrogen-bond donors (Lipinski definition) is 2. The van der Waals surface area contributed by atoms with Crippen LogP contribution < -0.4 is 11.1 Å². The molecule has 5 nitrogen and oxygen atoms in total. The van der Waals surface area contributed by atoms with E-state index in [1.165, 1.54) is 19.0 Å². The summed E-state index contributed by atoms with van der Waals surface area (Å²) in [5.74, 6) is 0.291. The zero-order chi connectivity index (χ0) is 15.5. The Morgan fingerprint density at radius 3 is 3.00 bits per heavy atom. The van der Waals surface area contributed by atoms with Gasteiger partial charge >= 0.3 is 5.97 Å². The van der Waals surface area contributed by atoms with Gasteiger partial charge in [-0.25, -0.2) is 9.78 Å². The van der Waals surface area contributed by atoms with Gasteiger partial charge in [-0.2, -0.15) is 0 Å². The second-order valence-corrected chi connectivity index (χ2v) is 6.48. The third-order valence-electron chi connectivity index (χ3n) is 3.99. The molecule has 0 saturated heterocycles. The summed E-state index contributed by atoms with van der Waals surface area (Å²) >= 11 is 0. The number of hydrogen-bond acceptors (Lipinski definition) is 5. The van der Waals surface area contributed by atoms with Gasteiger partial charge < -0.3 is 15.8 Å². The minimum Gasteiger partial charge on any atom is -0.462 e. The van der Waals surface area contributed by atoms with Gasteiger partial charge in [0.25, 0.3) is 0 Å². The van der Waals surface area contributed by atoms with Gasteiger partial charge in [0.15, 0.2) is 0 Å². The van der Waals surface area contributed by atoms with E-state index in [9.17, 15) is 4.79 Å². The number of anilines is 2. The summed E-state index contributed by atoms with van der Waals surface area (Å²) in [5.41, 5.74) is 6.89. The molecular formula is C16H25N3O2. The summed E-state index contributed by atoms with van der Waals surface area (Å²) in [5, 5.41) is 3.43. The predicted molar refractivity (Wildman–Crippen MR) is 84.3 cm³/mol. The molecule has 1 aliphatic carbocycles. The van der Waals surface area contributed by atoms with Gasteiger partial charge in [0, 0.05) is 6.04 Å². The zero-order valence-electron chi connectivity index (χ0n) is 13.1. The van der Waals surface area contributed by atoms with Crippen LogP contribution in [-0.2, 0) is 4.74 Å². The first-order valence-electron chi connectivity index (χ1n) is 7.60. The van der Waals surface area contributed by atoms with Gasteiger partial charge in [-0.05, 0) is 37.7 Å². The van der Waals surface area contributed by atoms with Crippen LogP contribution in [0.4, 0.5) is 11.5 Å². The van der Waals surface area contributed by atoms with Crippen LogP contribution in [0.3, 0.4) is 0 Å². The van der Waals surface area contributed by atoms with Crippen LogP contribution in [0.5, 0.6) is 0 Å². The molecular weight excluding hydrogens is 266 g/mol. The van der Waals surface area contributed by atoms with Gasteiger partial charge in [0.1, 0.15) is 5.82 Å². The number of nitrogen functional groups attached to an aromatic ring is 1. The van der Waals surface area contributed by atoms with Crippen molar-refractivity contribution in [2.75, 3.05) is 17.7 Å². The highest BCUT2D eigenvalue weighted by atomic mass is 16.5. The number of nitrogens with one attached hydrogen (secondary N) is 1. The fraction of sp³-hybridized carbons (Fsp3) is 0.625. The molecule has 1 saturated carbocycles. The molecule has 0 spiro atoms. The summed E-state index contributed by atoms with van der Waals surface area (Å²) in [4.78, 5) is 16.1. The Labute approximate surface area is 126 Å². The normalized spacial score (nSPS) is 20.8. The van der Waals surface area contributed by atoms with Crippen LogP contribution in [0.15, 0.2) is 12.3 Å². The van der Waals surface area contributed by atoms with E-state index < -0.39 is 5.97 Å². The monoisotopic (exact) mass is 291 g/mol. The van der Waals surface area contributed by atoms with Crippen molar-refractivity contribution in [3.05, 3.63) is 17.8 Å². The van der Waals surface area contributed by atoms with Gasteiger partial charge in [0.05, 0.1) is 24.1 Å². The van der Waals surface area contributed by atoms with E-state index >= 15 is 0 Å². The van der Waals surface area contributed by atoms with Crippen LogP contribution >= 0.6 is 0 Å². The van der Waals surface area contributed by atoms with Gasteiger partial charge in [0.2, 0.25) is 0 Å². The molecule has 116 valence electrons. The van der Waals surface area contributed by atoms with Gasteiger partial charge in [-0.1, -0.05) is 20.3 Å². The molecule has 2 rings (SSSR count). The van der Waals surface area contributed by atoms with Crippen molar-refractivity contribution in [1.29, 1.82) is 0 Å². The third-order valence-corrected chi connectivity index (χ3v) is 3.99. The van der Waals surface area contributed by atoms with E-state index in [1.807, 2.05) is 0 Å². The van der Waals surface area contributed by atoms with E-state index in [4.69, 9.17) is 10.5 Å². The largest absolute Gasteiger partial charge is 0.462 e. The quantitative estimate of drug-likeness (QED) is 0.833. The minimum absolute atomic E-state index is 0.334. The molecule has 1 heterocycles. The average Bonchev–Trinajstić information content (AvgIpc) is 2.40. The summed E-state index contributed by atoms with van der Waals surface area (Å²) in [6.07, 6.45) is 6.22. The van der Waals surface area contributed by atoms with E-state index in [0.717, 1.165) is 12.8 Å². The molecule has 21 heavy (non-hydrogen) atoms. The number of rotatable bonds is 4. The third kappa shape index (κ3) is 4.09. The van der Waals surface area contributed by atoms with Gasteiger partial charge in [-0.15, -0.1) is 0 Å². The lowest BCUT2D eigenvalue weighted by molar-refractivity contribution is 0.0527. The van der Waals surface area contributed by atoms with Crippen molar-refractivity contribution >= 4 is 17.5 Å². The molecule has 0 aromatic carbocycles. The highest BCUT2D eigenvalue weighted by molar-refractivity contribution is 5.95. The number of nitrogens with zero attached hydrogens (tertiary/aromatic N) is 1. The Kier molecular flexibility index (Phi) is 4.70. The second-order valence-electron chi connectivity index (χ2n) is 6.48. The number of ether oxygens (including phenoxy) is 1. The number of pyridine rings is 1. The molecule has 1 fully saturated rings. The van der Waals surface area contributed by atoms with Crippen molar-refractivity contribution in [2.45, 2.75) is 52.5 Å². The van der Waals surface area contributed by atoms with E-state index in [1.54, 1.807) is 13.0 Å². The molecule has 3 N–H and O–H groups in total. The summed E-state index contributed by atoms with van der Waals surface area (Å²) in [6, 6.07) is 2.08. The topological polar surface area (TPSA) is 77.2 Å². The number of esters is 1. The molecule has 1 aromatic heterocycles. The number of carbonyl (C=O) groups excluding carboxylic acids is 1. The summed E-state index contributed by atoms with van der Waals surface area (Å²) < 4.78 is 5.01. The average molecular weight is 291 g/mol. The Balaban J connectivity index is 2.10. The molecule has 0 amide bonds. The first-order valence-corrected chi connectivity index (χ1v) is 7.60. The SMILES string of the molecule is CCOC(=O)c1cc(NC2CCCC(C)(C)C2)ncc1N. The zero-order valence-corrected chi connectivity index (χ0v) is 13.1. The molecule has 1 unspecified atom stereocenters. The van der Waals surface area contributed by atoms with Crippen LogP contribution in [0.25, 0.3) is 0 Å². The smallest absolute Gasteiger partial charge is 0.340 e. The Hall–Kier alpha value is -1.78. The first kappa shape index (κ1) is 15.6. The van der Waals surface area contributed by atoms with Gasteiger partial charge in [-0.3, -0.25) is 0 Å². The van der Waals surface area contributed by atoms with Crippen LogP contribution in [0.2, 0.25) is 0 Å². The van der Waals surface area contributed by atoms with Crippen molar-refractivity contribution in [1.82, 2.24) is 4.98 Å². The molecule has 1 aromatic rings. The van der Waals surface area contributed by atoms with E-state index in [2.05, 4.69) is 24.1 Å². The van der Waals surface area contributed by atoms with E-state index in [0.29, 0.717) is 35.1 Å². The van der Waals surface area contributed by atoms with Crippen LogP contribution in [0, 0.1) is 5.41 Å². The first-order chi connectivity index (χ1) is 9.91. The Bertz CT molecular complexity index is 514. The van der Waals surface area contributed by atoms with Crippen molar-refractivity contribution in [3.63, 3.8) is 0 Å². The van der Waals surface area contributed by atoms with Crippen molar-refractivity contribution in [3.8, 4) is 0 Å². The minimum atomic E-state index is -0.399. The Morgan fingerprint density at radius 2 is 2.33 bits per heavy atom. The molecule has 0 aliphatic heterocycles. The molecule has 5 heteroatoms. The predicted octanol–water partition coefficient (Wildman–Crippen LogP) is 3.22. The summed E-state index contributed by atoms with van der Waals surface area (Å²) in [6.45, 7) is 6.70. The number of nitrogens with two attached hydrogens (primary N) is 1. The number of carbonyl (C=O) groups is 1. The van der Waals surface area contributed by atoms with E-state index in [-0.39, 0.29) is 0 Å². The number of aromatic nitrogens is 1. The fourth-order valence-corrected chi connectivity index (χ4v) is 2.96. The molecule has 0 bridgehead atoms. The lowest BCUT2D eigenvalue weighted by Gasteiger charge is -2.35. The second kappa shape index (κ2) is 6.33. The Morgan fingerprint density at radius 1 is 1.57 bits per heavy atom. The molecule has 0 radical (unpaired) electrons. The lowest BCUT2D eigenvalue weighted by atomic mass is 9.75. The fourth-order valence-electron chi connectivity index (χ4n) is 2.96.